The van der Waals surface area contributed by atoms with Gasteiger partial charge in [0.25, 0.3) is 0 Å². The van der Waals surface area contributed by atoms with E-state index in [1.54, 1.807) is 6.07 Å². The molecule has 1 fully saturated rings. The Kier molecular flexibility index (Phi) is 5.99. The molecule has 0 saturated heterocycles. The number of benzene rings is 3. The van der Waals surface area contributed by atoms with Crippen molar-refractivity contribution in [1.82, 2.24) is 10.2 Å². The molecule has 5 rings (SSSR count). The zero-order chi connectivity index (χ0) is 25.4. The molecule has 0 aliphatic heterocycles. The van der Waals surface area contributed by atoms with E-state index in [0.29, 0.717) is 5.82 Å². The van der Waals surface area contributed by atoms with Crippen LogP contribution in [0.1, 0.15) is 29.5 Å². The predicted octanol–water partition coefficient (Wildman–Crippen LogP) is 6.09. The van der Waals surface area contributed by atoms with Gasteiger partial charge in [0, 0.05) is 17.0 Å². The van der Waals surface area contributed by atoms with E-state index >= 15 is 0 Å². The van der Waals surface area contributed by atoms with Crippen molar-refractivity contribution in [3.05, 3.63) is 77.4 Å². The van der Waals surface area contributed by atoms with Gasteiger partial charge in [0.2, 0.25) is 11.8 Å². The van der Waals surface area contributed by atoms with Crippen LogP contribution in [-0.2, 0) is 22.2 Å². The fourth-order valence-electron chi connectivity index (χ4n) is 4.12. The number of anilines is 2. The summed E-state index contributed by atoms with van der Waals surface area (Å²) in [7, 11) is 0. The summed E-state index contributed by atoms with van der Waals surface area (Å²) in [6, 6.07) is 16.8. The van der Waals surface area contributed by atoms with E-state index in [2.05, 4.69) is 20.8 Å². The maximum atomic E-state index is 13.2. The van der Waals surface area contributed by atoms with Crippen molar-refractivity contribution in [3.8, 4) is 11.1 Å². The number of aryl methyl sites for hydroxylation is 1. The Morgan fingerprint density at radius 1 is 1.00 bits per heavy atom. The average molecular weight is 493 g/mol. The standard InChI is InChI=1S/C27H23F3N4O2/c1-15-5-9-20(14-22(15)27(28,29)30)31-24(35)12-16-3-2-4-18(11-16)19-8-10-21-23(13-19)33-34-25(21)32-26(36)17-6-7-17/h2-5,8-11,13-14,17H,6-7,12H2,1H3,(H,31,35)(H2,32,33,34,36). The lowest BCUT2D eigenvalue weighted by Gasteiger charge is -2.13. The number of aromatic amines is 1. The first-order chi connectivity index (χ1) is 17.2. The van der Waals surface area contributed by atoms with Crippen LogP contribution in [0.3, 0.4) is 0 Å². The number of rotatable bonds is 6. The van der Waals surface area contributed by atoms with Crippen LogP contribution >= 0.6 is 0 Å². The molecule has 1 saturated carbocycles. The lowest BCUT2D eigenvalue weighted by Crippen LogP contribution is -2.15. The monoisotopic (exact) mass is 492 g/mol. The molecule has 0 spiro atoms. The molecule has 0 radical (unpaired) electrons. The lowest BCUT2D eigenvalue weighted by molar-refractivity contribution is -0.138. The SMILES string of the molecule is Cc1ccc(NC(=O)Cc2cccc(-c3ccc4c(NC(=O)C5CC5)n[nH]c4c3)c2)cc1C(F)(F)F. The van der Waals surface area contributed by atoms with Gasteiger partial charge < -0.3 is 10.6 Å². The van der Waals surface area contributed by atoms with Gasteiger partial charge >= 0.3 is 6.18 Å². The summed E-state index contributed by atoms with van der Waals surface area (Å²) in [4.78, 5) is 24.6. The zero-order valence-electron chi connectivity index (χ0n) is 19.4. The topological polar surface area (TPSA) is 86.9 Å². The highest BCUT2D eigenvalue weighted by molar-refractivity contribution is 6.02. The van der Waals surface area contributed by atoms with Crippen molar-refractivity contribution >= 4 is 34.2 Å². The molecule has 3 aromatic carbocycles. The fourth-order valence-corrected chi connectivity index (χ4v) is 4.12. The molecular weight excluding hydrogens is 469 g/mol. The Hall–Kier alpha value is -4.14. The number of aromatic nitrogens is 2. The summed E-state index contributed by atoms with van der Waals surface area (Å²) in [6.45, 7) is 1.38. The first kappa shape index (κ1) is 23.6. The molecule has 1 aromatic heterocycles. The van der Waals surface area contributed by atoms with Crippen molar-refractivity contribution in [2.75, 3.05) is 10.6 Å². The van der Waals surface area contributed by atoms with Crippen LogP contribution in [0.25, 0.3) is 22.0 Å². The van der Waals surface area contributed by atoms with Gasteiger partial charge in [-0.2, -0.15) is 18.3 Å². The molecule has 1 heterocycles. The number of amides is 2. The van der Waals surface area contributed by atoms with Gasteiger partial charge in [-0.25, -0.2) is 0 Å². The maximum absolute atomic E-state index is 13.2. The largest absolute Gasteiger partial charge is 0.416 e. The Morgan fingerprint density at radius 2 is 1.78 bits per heavy atom. The highest BCUT2D eigenvalue weighted by Gasteiger charge is 2.32. The number of alkyl halides is 3. The molecule has 0 unspecified atom stereocenters. The molecule has 36 heavy (non-hydrogen) atoms. The Balaban J connectivity index is 1.30. The minimum Gasteiger partial charge on any atom is -0.326 e. The zero-order valence-corrected chi connectivity index (χ0v) is 19.4. The minimum atomic E-state index is -4.49. The fraction of sp³-hybridized carbons (Fsp3) is 0.222. The molecule has 1 aliphatic carbocycles. The summed E-state index contributed by atoms with van der Waals surface area (Å²) >= 11 is 0. The van der Waals surface area contributed by atoms with Gasteiger partial charge in [0.1, 0.15) is 0 Å². The summed E-state index contributed by atoms with van der Waals surface area (Å²) in [5.74, 6) is 0.153. The molecule has 2 amide bonds. The van der Waals surface area contributed by atoms with Crippen molar-refractivity contribution in [2.24, 2.45) is 5.92 Å². The van der Waals surface area contributed by atoms with E-state index in [-0.39, 0.29) is 29.5 Å². The third kappa shape index (κ3) is 5.10. The number of nitrogens with zero attached hydrogens (tertiary/aromatic N) is 1. The van der Waals surface area contributed by atoms with Crippen LogP contribution in [0.5, 0.6) is 0 Å². The molecule has 0 bridgehead atoms. The third-order valence-corrected chi connectivity index (χ3v) is 6.20. The quantitative estimate of drug-likeness (QED) is 0.305. The maximum Gasteiger partial charge on any atom is 0.416 e. The summed E-state index contributed by atoms with van der Waals surface area (Å²) in [5.41, 5.74) is 2.67. The second-order valence-corrected chi connectivity index (χ2v) is 9.05. The summed E-state index contributed by atoms with van der Waals surface area (Å²) < 4.78 is 39.5. The van der Waals surface area contributed by atoms with Crippen LogP contribution in [0, 0.1) is 12.8 Å². The molecule has 9 heteroatoms. The van der Waals surface area contributed by atoms with Gasteiger partial charge in [-0.15, -0.1) is 0 Å². The highest BCUT2D eigenvalue weighted by Crippen LogP contribution is 2.34. The number of hydrogen-bond donors (Lipinski definition) is 3. The van der Waals surface area contributed by atoms with E-state index in [1.807, 2.05) is 36.4 Å². The van der Waals surface area contributed by atoms with Crippen molar-refractivity contribution in [2.45, 2.75) is 32.4 Å². The number of hydrogen-bond acceptors (Lipinski definition) is 3. The molecular formula is C27H23F3N4O2. The average Bonchev–Trinajstić information content (AvgIpc) is 3.61. The first-order valence-corrected chi connectivity index (χ1v) is 11.5. The molecule has 3 N–H and O–H groups in total. The van der Waals surface area contributed by atoms with Crippen molar-refractivity contribution in [1.29, 1.82) is 0 Å². The Morgan fingerprint density at radius 3 is 2.53 bits per heavy atom. The van der Waals surface area contributed by atoms with Crippen LogP contribution in [0.2, 0.25) is 0 Å². The number of H-pyrrole nitrogens is 1. The van der Waals surface area contributed by atoms with Crippen LogP contribution in [0.15, 0.2) is 60.7 Å². The van der Waals surface area contributed by atoms with Gasteiger partial charge in [-0.3, -0.25) is 14.7 Å². The molecule has 1 aliphatic rings. The van der Waals surface area contributed by atoms with Gasteiger partial charge in [0.15, 0.2) is 5.82 Å². The lowest BCUT2D eigenvalue weighted by atomic mass is 10.0. The van der Waals surface area contributed by atoms with E-state index < -0.39 is 17.6 Å². The predicted molar refractivity (Wildman–Crippen MR) is 131 cm³/mol. The van der Waals surface area contributed by atoms with E-state index in [4.69, 9.17) is 0 Å². The van der Waals surface area contributed by atoms with Crippen LogP contribution in [-0.4, -0.2) is 22.0 Å². The smallest absolute Gasteiger partial charge is 0.326 e. The van der Waals surface area contributed by atoms with E-state index in [9.17, 15) is 22.8 Å². The van der Waals surface area contributed by atoms with Crippen LogP contribution in [0.4, 0.5) is 24.7 Å². The highest BCUT2D eigenvalue weighted by atomic mass is 19.4. The number of nitrogens with one attached hydrogen (secondary N) is 3. The number of carbonyl (C=O) groups is 2. The van der Waals surface area contributed by atoms with Crippen molar-refractivity contribution in [3.63, 3.8) is 0 Å². The summed E-state index contributed by atoms with van der Waals surface area (Å²) in [5, 5.41) is 13.4. The van der Waals surface area contributed by atoms with E-state index in [0.717, 1.165) is 46.5 Å². The molecule has 6 nitrogen and oxygen atoms in total. The normalized spacial score (nSPS) is 13.6. The third-order valence-electron chi connectivity index (χ3n) is 6.20. The number of halogens is 3. The summed E-state index contributed by atoms with van der Waals surface area (Å²) in [6.07, 6.45) is -2.66. The second-order valence-electron chi connectivity index (χ2n) is 9.05. The van der Waals surface area contributed by atoms with E-state index in [1.165, 1.54) is 19.1 Å². The molecule has 184 valence electrons. The van der Waals surface area contributed by atoms with Gasteiger partial charge in [-0.1, -0.05) is 36.4 Å². The van der Waals surface area contributed by atoms with Crippen molar-refractivity contribution < 1.29 is 22.8 Å². The minimum absolute atomic E-state index is 0.00666. The Bertz CT molecular complexity index is 1470. The number of fused-ring (bicyclic) bond motifs is 1. The van der Waals surface area contributed by atoms with Gasteiger partial charge in [-0.05, 0) is 66.3 Å². The number of carbonyl (C=O) groups excluding carboxylic acids is 2. The second kappa shape index (κ2) is 9.14. The van der Waals surface area contributed by atoms with Gasteiger partial charge in [0.05, 0.1) is 17.5 Å². The Labute approximate surface area is 204 Å². The first-order valence-electron chi connectivity index (χ1n) is 11.5. The molecule has 4 aromatic rings. The van der Waals surface area contributed by atoms with Crippen LogP contribution < -0.4 is 10.6 Å². The molecule has 0 atom stereocenters.